The van der Waals surface area contributed by atoms with Crippen molar-refractivity contribution in [1.82, 2.24) is 15.3 Å². The van der Waals surface area contributed by atoms with E-state index in [0.717, 1.165) is 46.5 Å². The lowest BCUT2D eigenvalue weighted by Crippen LogP contribution is -2.34. The zero-order valence-electron chi connectivity index (χ0n) is 21.6. The highest BCUT2D eigenvalue weighted by Crippen LogP contribution is 2.34. The second-order valence-electron chi connectivity index (χ2n) is 9.89. The van der Waals surface area contributed by atoms with Crippen molar-refractivity contribution in [1.29, 1.82) is 0 Å². The molecule has 36 heavy (non-hydrogen) atoms. The molecular formula is C29H36N4O3. The molecule has 1 aromatic carbocycles. The highest BCUT2D eigenvalue weighted by Gasteiger charge is 2.23. The van der Waals surface area contributed by atoms with Crippen LogP contribution < -0.4 is 15.8 Å². The van der Waals surface area contributed by atoms with Crippen LogP contribution >= 0.6 is 0 Å². The van der Waals surface area contributed by atoms with Gasteiger partial charge in [0.2, 0.25) is 0 Å². The van der Waals surface area contributed by atoms with Crippen molar-refractivity contribution in [2.75, 3.05) is 11.9 Å². The fourth-order valence-electron chi connectivity index (χ4n) is 5.19. The summed E-state index contributed by atoms with van der Waals surface area (Å²) in [6.45, 7) is 5.76. The average Bonchev–Trinajstić information content (AvgIpc) is 2.88. The predicted octanol–water partition coefficient (Wildman–Crippen LogP) is 4.55. The van der Waals surface area contributed by atoms with Crippen LogP contribution in [-0.4, -0.2) is 34.1 Å². The van der Waals surface area contributed by atoms with Crippen molar-refractivity contribution >= 4 is 11.6 Å². The summed E-state index contributed by atoms with van der Waals surface area (Å²) in [5.41, 5.74) is 6.94. The summed E-state index contributed by atoms with van der Waals surface area (Å²) in [5.74, 6) is -0.216. The molecule has 4 rings (SSSR count). The lowest BCUT2D eigenvalue weighted by Gasteiger charge is -2.34. The first kappa shape index (κ1) is 25.6. The van der Waals surface area contributed by atoms with Gasteiger partial charge in [0.05, 0.1) is 12.3 Å². The maximum atomic E-state index is 13.5. The van der Waals surface area contributed by atoms with Crippen molar-refractivity contribution in [3.8, 4) is 11.1 Å². The molecule has 3 aromatic rings. The highest BCUT2D eigenvalue weighted by atomic mass is 16.3. The third kappa shape index (κ3) is 5.51. The van der Waals surface area contributed by atoms with E-state index in [-0.39, 0.29) is 24.6 Å². The molecule has 1 saturated carbocycles. The Morgan fingerprint density at radius 1 is 1.11 bits per heavy atom. The van der Waals surface area contributed by atoms with Crippen LogP contribution in [0.1, 0.15) is 70.5 Å². The van der Waals surface area contributed by atoms with Crippen LogP contribution in [0.25, 0.3) is 11.1 Å². The Balaban J connectivity index is 1.70. The van der Waals surface area contributed by atoms with Crippen LogP contribution in [0.4, 0.5) is 5.69 Å². The van der Waals surface area contributed by atoms with Crippen LogP contribution in [-0.2, 0) is 13.2 Å². The first-order valence-corrected chi connectivity index (χ1v) is 12.7. The number of amides is 1. The summed E-state index contributed by atoms with van der Waals surface area (Å²) in [6, 6.07) is 10.1. The van der Waals surface area contributed by atoms with E-state index in [9.17, 15) is 14.7 Å². The van der Waals surface area contributed by atoms with Gasteiger partial charge in [0.25, 0.3) is 11.5 Å². The van der Waals surface area contributed by atoms with Gasteiger partial charge in [-0.15, -0.1) is 0 Å². The minimum Gasteiger partial charge on any atom is -0.390 e. The number of rotatable bonds is 7. The first-order chi connectivity index (χ1) is 17.3. The second-order valence-corrected chi connectivity index (χ2v) is 9.89. The fraction of sp³-hybridized carbons (Fsp3) is 0.414. The Bertz CT molecular complexity index is 1290. The zero-order chi connectivity index (χ0) is 25.8. The number of carbonyl (C=O) groups excluding carboxylic acids is 1. The third-order valence-electron chi connectivity index (χ3n) is 7.37. The molecule has 1 amide bonds. The molecule has 1 fully saturated rings. The number of nitrogens with zero attached hydrogens (tertiary/aromatic N) is 2. The lowest BCUT2D eigenvalue weighted by molar-refractivity contribution is 0.0950. The predicted molar refractivity (Wildman–Crippen MR) is 143 cm³/mol. The van der Waals surface area contributed by atoms with E-state index in [1.54, 1.807) is 12.3 Å². The molecule has 7 nitrogen and oxygen atoms in total. The maximum Gasteiger partial charge on any atom is 0.253 e. The van der Waals surface area contributed by atoms with E-state index in [1.165, 1.54) is 19.3 Å². The molecule has 2 aromatic heterocycles. The smallest absolute Gasteiger partial charge is 0.253 e. The number of H-pyrrole nitrogens is 1. The SMILES string of the molecule is Cc1cc(C)c(CNC(=O)c2cc(-c3ccc(CO)nc3)cc(N(C)C3CCCCC3)c2C)c(=O)[nH]1. The molecule has 0 unspecified atom stereocenters. The number of benzene rings is 1. The Morgan fingerprint density at radius 2 is 1.86 bits per heavy atom. The van der Waals surface area contributed by atoms with E-state index in [4.69, 9.17) is 0 Å². The van der Waals surface area contributed by atoms with Gasteiger partial charge in [0.15, 0.2) is 0 Å². The minimum absolute atomic E-state index is 0.116. The summed E-state index contributed by atoms with van der Waals surface area (Å²) in [5, 5.41) is 12.3. The molecule has 190 valence electrons. The van der Waals surface area contributed by atoms with Gasteiger partial charge in [-0.2, -0.15) is 0 Å². The van der Waals surface area contributed by atoms with Crippen molar-refractivity contribution in [2.45, 2.75) is 72.1 Å². The molecule has 0 aliphatic heterocycles. The van der Waals surface area contributed by atoms with Gasteiger partial charge in [0.1, 0.15) is 0 Å². The molecule has 2 heterocycles. The number of aliphatic hydroxyl groups excluding tert-OH is 1. The Labute approximate surface area is 212 Å². The average molecular weight is 489 g/mol. The summed E-state index contributed by atoms with van der Waals surface area (Å²) >= 11 is 0. The molecule has 1 aliphatic carbocycles. The topological polar surface area (TPSA) is 98.3 Å². The van der Waals surface area contributed by atoms with Gasteiger partial charge >= 0.3 is 0 Å². The van der Waals surface area contributed by atoms with Gasteiger partial charge in [-0.05, 0) is 74.6 Å². The monoisotopic (exact) mass is 488 g/mol. The molecule has 0 radical (unpaired) electrons. The quantitative estimate of drug-likeness (QED) is 0.453. The van der Waals surface area contributed by atoms with Gasteiger partial charge < -0.3 is 20.3 Å². The van der Waals surface area contributed by atoms with Gasteiger partial charge in [-0.25, -0.2) is 0 Å². The number of hydrogen-bond acceptors (Lipinski definition) is 5. The molecule has 1 aliphatic rings. The molecule has 0 saturated heterocycles. The van der Waals surface area contributed by atoms with Crippen LogP contribution in [0.3, 0.4) is 0 Å². The first-order valence-electron chi connectivity index (χ1n) is 12.7. The van der Waals surface area contributed by atoms with Crippen molar-refractivity contribution < 1.29 is 9.90 Å². The lowest BCUT2D eigenvalue weighted by atomic mass is 9.92. The van der Waals surface area contributed by atoms with Gasteiger partial charge in [-0.3, -0.25) is 14.6 Å². The number of pyridine rings is 2. The summed E-state index contributed by atoms with van der Waals surface area (Å²) in [4.78, 5) is 35.4. The maximum absolute atomic E-state index is 13.5. The molecule has 0 atom stereocenters. The van der Waals surface area contributed by atoms with Crippen molar-refractivity contribution in [3.63, 3.8) is 0 Å². The summed E-state index contributed by atoms with van der Waals surface area (Å²) in [7, 11) is 2.12. The van der Waals surface area contributed by atoms with E-state index >= 15 is 0 Å². The Kier molecular flexibility index (Phi) is 7.89. The molecule has 3 N–H and O–H groups in total. The van der Waals surface area contributed by atoms with E-state index in [2.05, 4.69) is 33.3 Å². The highest BCUT2D eigenvalue weighted by molar-refractivity contribution is 5.98. The number of anilines is 1. The number of aliphatic hydroxyl groups is 1. The number of hydrogen-bond donors (Lipinski definition) is 3. The van der Waals surface area contributed by atoms with E-state index in [0.29, 0.717) is 22.9 Å². The van der Waals surface area contributed by atoms with Gasteiger partial charge in [-0.1, -0.05) is 25.3 Å². The minimum atomic E-state index is -0.216. The van der Waals surface area contributed by atoms with E-state index in [1.807, 2.05) is 39.0 Å². The third-order valence-corrected chi connectivity index (χ3v) is 7.37. The summed E-state index contributed by atoms with van der Waals surface area (Å²) in [6.07, 6.45) is 7.74. The second kappa shape index (κ2) is 11.1. The Hall–Kier alpha value is -3.45. The van der Waals surface area contributed by atoms with Crippen LogP contribution in [0.2, 0.25) is 0 Å². The number of carbonyl (C=O) groups is 1. The number of aryl methyl sites for hydroxylation is 2. The molecule has 7 heteroatoms. The van der Waals surface area contributed by atoms with Crippen LogP contribution in [0, 0.1) is 20.8 Å². The van der Waals surface area contributed by atoms with Crippen LogP contribution in [0.15, 0.2) is 41.3 Å². The molecule has 0 spiro atoms. The standard InChI is InChI=1S/C29H36N4O3/c1-18-12-19(2)32-29(36)26(18)16-31-28(35)25-13-22(21-10-11-23(17-34)30-15-21)14-27(20(25)3)33(4)24-8-6-5-7-9-24/h10-15,24,34H,5-9,16-17H2,1-4H3,(H,31,35)(H,32,36). The van der Waals surface area contributed by atoms with Crippen LogP contribution in [0.5, 0.6) is 0 Å². The number of aromatic nitrogens is 2. The van der Waals surface area contributed by atoms with Gasteiger partial charge in [0, 0.05) is 53.9 Å². The number of aromatic amines is 1. The van der Waals surface area contributed by atoms with Crippen molar-refractivity contribution in [2.24, 2.45) is 0 Å². The normalized spacial score (nSPS) is 14.0. The van der Waals surface area contributed by atoms with Crippen molar-refractivity contribution in [3.05, 3.63) is 80.5 Å². The Morgan fingerprint density at radius 3 is 2.50 bits per heavy atom. The molecule has 0 bridgehead atoms. The molecular weight excluding hydrogens is 452 g/mol. The zero-order valence-corrected chi connectivity index (χ0v) is 21.6. The summed E-state index contributed by atoms with van der Waals surface area (Å²) < 4.78 is 0. The largest absolute Gasteiger partial charge is 0.390 e. The fourth-order valence-corrected chi connectivity index (χ4v) is 5.19. The number of nitrogens with one attached hydrogen (secondary N) is 2. The van der Waals surface area contributed by atoms with E-state index < -0.39 is 0 Å².